The van der Waals surface area contributed by atoms with Crippen LogP contribution in [0.25, 0.3) is 0 Å². The Morgan fingerprint density at radius 2 is 1.93 bits per heavy atom. The molecule has 0 bridgehead atoms. The Balaban J connectivity index is 2.83. The van der Waals surface area contributed by atoms with Gasteiger partial charge in [-0.2, -0.15) is 0 Å². The molecular formula is C12H17NO2. The zero-order valence-electron chi connectivity index (χ0n) is 9.63. The molecular weight excluding hydrogens is 190 g/mol. The first-order valence-corrected chi connectivity index (χ1v) is 4.89. The van der Waals surface area contributed by atoms with Gasteiger partial charge in [-0.25, -0.2) is 0 Å². The molecule has 0 saturated heterocycles. The molecule has 82 valence electrons. The van der Waals surface area contributed by atoms with Crippen LogP contribution in [0.1, 0.15) is 26.3 Å². The molecule has 0 aromatic heterocycles. The molecule has 3 heteroatoms. The zero-order valence-corrected chi connectivity index (χ0v) is 9.63. The van der Waals surface area contributed by atoms with Crippen LogP contribution in [-0.2, 0) is 4.79 Å². The second-order valence-corrected chi connectivity index (χ2v) is 4.66. The van der Waals surface area contributed by atoms with Crippen LogP contribution in [0.2, 0.25) is 0 Å². The minimum atomic E-state index is -0.500. The van der Waals surface area contributed by atoms with E-state index < -0.39 is 5.41 Å². The van der Waals surface area contributed by atoms with Crippen LogP contribution < -0.4 is 10.5 Å². The summed E-state index contributed by atoms with van der Waals surface area (Å²) in [6.45, 7) is 7.34. The fourth-order valence-electron chi connectivity index (χ4n) is 0.942. The first kappa shape index (κ1) is 11.6. The number of nitrogens with two attached hydrogens (primary N) is 1. The zero-order chi connectivity index (χ0) is 11.6. The SMILES string of the molecule is Cc1ccc(OC(=O)C(C)(C)C)cc1N. The molecule has 15 heavy (non-hydrogen) atoms. The Hall–Kier alpha value is -1.51. The fraction of sp³-hybridized carbons (Fsp3) is 0.417. The second-order valence-electron chi connectivity index (χ2n) is 4.66. The van der Waals surface area contributed by atoms with Crippen molar-refractivity contribution < 1.29 is 9.53 Å². The molecule has 0 aliphatic heterocycles. The largest absolute Gasteiger partial charge is 0.426 e. The van der Waals surface area contributed by atoms with Gasteiger partial charge >= 0.3 is 5.97 Å². The number of benzene rings is 1. The minimum Gasteiger partial charge on any atom is -0.426 e. The third kappa shape index (κ3) is 2.98. The highest BCUT2D eigenvalue weighted by molar-refractivity contribution is 5.78. The van der Waals surface area contributed by atoms with E-state index in [1.807, 2.05) is 33.8 Å². The van der Waals surface area contributed by atoms with Crippen molar-refractivity contribution in [3.8, 4) is 5.75 Å². The highest BCUT2D eigenvalue weighted by atomic mass is 16.5. The van der Waals surface area contributed by atoms with Crippen molar-refractivity contribution in [3.63, 3.8) is 0 Å². The highest BCUT2D eigenvalue weighted by Gasteiger charge is 2.23. The summed E-state index contributed by atoms with van der Waals surface area (Å²) in [6, 6.07) is 5.24. The number of hydrogen-bond donors (Lipinski definition) is 1. The van der Waals surface area contributed by atoms with Crippen LogP contribution >= 0.6 is 0 Å². The van der Waals surface area contributed by atoms with E-state index >= 15 is 0 Å². The second kappa shape index (κ2) is 3.93. The predicted octanol–water partition coefficient (Wildman–Crippen LogP) is 2.53. The number of carbonyl (C=O) groups is 1. The van der Waals surface area contributed by atoms with Crippen LogP contribution in [0.4, 0.5) is 5.69 Å². The van der Waals surface area contributed by atoms with Gasteiger partial charge in [0.15, 0.2) is 0 Å². The van der Waals surface area contributed by atoms with E-state index in [9.17, 15) is 4.79 Å². The van der Waals surface area contributed by atoms with E-state index in [-0.39, 0.29) is 5.97 Å². The van der Waals surface area contributed by atoms with E-state index in [2.05, 4.69) is 0 Å². The maximum atomic E-state index is 11.6. The molecule has 1 aromatic carbocycles. The predicted molar refractivity (Wildman–Crippen MR) is 60.7 cm³/mol. The molecule has 0 amide bonds. The van der Waals surface area contributed by atoms with Gasteiger partial charge in [0.1, 0.15) is 5.75 Å². The molecule has 0 spiro atoms. The number of anilines is 1. The van der Waals surface area contributed by atoms with Crippen molar-refractivity contribution in [3.05, 3.63) is 23.8 Å². The molecule has 1 aromatic rings. The lowest BCUT2D eigenvalue weighted by molar-refractivity contribution is -0.142. The Morgan fingerprint density at radius 1 is 1.33 bits per heavy atom. The van der Waals surface area contributed by atoms with Crippen molar-refractivity contribution >= 4 is 11.7 Å². The van der Waals surface area contributed by atoms with Gasteiger partial charge in [-0.15, -0.1) is 0 Å². The van der Waals surface area contributed by atoms with E-state index in [1.54, 1.807) is 12.1 Å². The Kier molecular flexibility index (Phi) is 3.03. The third-order valence-electron chi connectivity index (χ3n) is 2.07. The van der Waals surface area contributed by atoms with Crippen molar-refractivity contribution in [2.45, 2.75) is 27.7 Å². The molecule has 0 radical (unpaired) electrons. The van der Waals surface area contributed by atoms with Gasteiger partial charge in [0.2, 0.25) is 0 Å². The van der Waals surface area contributed by atoms with Gasteiger partial charge in [-0.3, -0.25) is 4.79 Å². The Bertz CT molecular complexity index is 378. The molecule has 0 saturated carbocycles. The number of ether oxygens (including phenoxy) is 1. The van der Waals surface area contributed by atoms with Gasteiger partial charge in [0, 0.05) is 11.8 Å². The van der Waals surface area contributed by atoms with Gasteiger partial charge in [-0.05, 0) is 39.3 Å². The van der Waals surface area contributed by atoms with Gasteiger partial charge < -0.3 is 10.5 Å². The number of rotatable bonds is 1. The first-order chi connectivity index (χ1) is 6.80. The Labute approximate surface area is 90.2 Å². The smallest absolute Gasteiger partial charge is 0.316 e. The summed E-state index contributed by atoms with van der Waals surface area (Å²) in [4.78, 5) is 11.6. The monoisotopic (exact) mass is 207 g/mol. The molecule has 0 aliphatic carbocycles. The molecule has 0 atom stereocenters. The van der Waals surface area contributed by atoms with Crippen LogP contribution in [0.15, 0.2) is 18.2 Å². The van der Waals surface area contributed by atoms with Crippen LogP contribution in [0.3, 0.4) is 0 Å². The topological polar surface area (TPSA) is 52.3 Å². The molecule has 0 aliphatic rings. The molecule has 0 fully saturated rings. The van der Waals surface area contributed by atoms with Gasteiger partial charge in [-0.1, -0.05) is 6.07 Å². The first-order valence-electron chi connectivity index (χ1n) is 4.89. The standard InChI is InChI=1S/C12H17NO2/c1-8-5-6-9(7-10(8)13)15-11(14)12(2,3)4/h5-7H,13H2,1-4H3. The summed E-state index contributed by atoms with van der Waals surface area (Å²) in [5.74, 6) is 0.240. The molecule has 0 unspecified atom stereocenters. The van der Waals surface area contributed by atoms with E-state index in [4.69, 9.17) is 10.5 Å². The summed E-state index contributed by atoms with van der Waals surface area (Å²) in [7, 11) is 0. The summed E-state index contributed by atoms with van der Waals surface area (Å²) < 4.78 is 5.20. The third-order valence-corrected chi connectivity index (χ3v) is 2.07. The van der Waals surface area contributed by atoms with Crippen molar-refractivity contribution in [2.24, 2.45) is 5.41 Å². The van der Waals surface area contributed by atoms with Crippen molar-refractivity contribution in [1.82, 2.24) is 0 Å². The van der Waals surface area contributed by atoms with Crippen molar-refractivity contribution in [1.29, 1.82) is 0 Å². The highest BCUT2D eigenvalue weighted by Crippen LogP contribution is 2.22. The fourth-order valence-corrected chi connectivity index (χ4v) is 0.942. The normalized spacial score (nSPS) is 11.2. The lowest BCUT2D eigenvalue weighted by atomic mass is 9.97. The molecule has 1 rings (SSSR count). The number of carbonyl (C=O) groups excluding carboxylic acids is 1. The number of nitrogen functional groups attached to an aromatic ring is 1. The quantitative estimate of drug-likeness (QED) is 0.437. The average Bonchev–Trinajstić information content (AvgIpc) is 2.10. The average molecular weight is 207 g/mol. The minimum absolute atomic E-state index is 0.259. The maximum absolute atomic E-state index is 11.6. The van der Waals surface area contributed by atoms with Crippen molar-refractivity contribution in [2.75, 3.05) is 5.73 Å². The number of esters is 1. The Morgan fingerprint density at radius 3 is 2.40 bits per heavy atom. The molecule has 0 heterocycles. The lowest BCUT2D eigenvalue weighted by Gasteiger charge is -2.16. The van der Waals surface area contributed by atoms with E-state index in [0.717, 1.165) is 5.56 Å². The summed E-state index contributed by atoms with van der Waals surface area (Å²) in [5, 5.41) is 0. The van der Waals surface area contributed by atoms with Crippen LogP contribution in [0, 0.1) is 12.3 Å². The summed E-state index contributed by atoms with van der Waals surface area (Å²) in [6.07, 6.45) is 0. The summed E-state index contributed by atoms with van der Waals surface area (Å²) in [5.41, 5.74) is 6.82. The van der Waals surface area contributed by atoms with E-state index in [1.165, 1.54) is 0 Å². The van der Waals surface area contributed by atoms with Gasteiger partial charge in [0.25, 0.3) is 0 Å². The molecule has 3 nitrogen and oxygen atoms in total. The summed E-state index contributed by atoms with van der Waals surface area (Å²) >= 11 is 0. The van der Waals surface area contributed by atoms with Gasteiger partial charge in [0.05, 0.1) is 5.41 Å². The number of aryl methyl sites for hydroxylation is 1. The lowest BCUT2D eigenvalue weighted by Crippen LogP contribution is -2.25. The van der Waals surface area contributed by atoms with Crippen LogP contribution in [0.5, 0.6) is 5.75 Å². The molecule has 2 N–H and O–H groups in total. The number of hydrogen-bond acceptors (Lipinski definition) is 3. The van der Waals surface area contributed by atoms with Crippen LogP contribution in [-0.4, -0.2) is 5.97 Å². The maximum Gasteiger partial charge on any atom is 0.316 e. The van der Waals surface area contributed by atoms with E-state index in [0.29, 0.717) is 11.4 Å².